The van der Waals surface area contributed by atoms with Crippen molar-refractivity contribution in [2.24, 2.45) is 0 Å². The number of amides is 1. The molecule has 0 atom stereocenters. The van der Waals surface area contributed by atoms with Gasteiger partial charge in [-0.25, -0.2) is 4.39 Å². The zero-order chi connectivity index (χ0) is 21.8. The first-order valence-corrected chi connectivity index (χ1v) is 11.4. The molecule has 1 aliphatic carbocycles. The lowest BCUT2D eigenvalue weighted by Gasteiger charge is -2.12. The largest absolute Gasteiger partial charge is 0.350 e. The standard InChI is InChI=1S/C21H22ClFN6OS/c1-13(22)12-31-21-28-26-18(29(21)15-8-6-14(23)7-9-15)10-11-24-20(30)19-16-4-2-3-5-17(16)25-27-19/h6-9H,1-5,10-12H2,(H,24,30)(H,25,27). The van der Waals surface area contributed by atoms with Gasteiger partial charge in [0.25, 0.3) is 5.91 Å². The molecule has 1 aliphatic rings. The van der Waals surface area contributed by atoms with Gasteiger partial charge >= 0.3 is 0 Å². The van der Waals surface area contributed by atoms with Crippen molar-refractivity contribution in [2.45, 2.75) is 37.3 Å². The third kappa shape index (κ3) is 4.99. The smallest absolute Gasteiger partial charge is 0.272 e. The highest BCUT2D eigenvalue weighted by atomic mass is 35.5. The Hall–Kier alpha value is -2.65. The van der Waals surface area contributed by atoms with Crippen LogP contribution in [0.5, 0.6) is 0 Å². The van der Waals surface area contributed by atoms with Crippen LogP contribution in [0.2, 0.25) is 0 Å². The molecule has 0 radical (unpaired) electrons. The molecular weight excluding hydrogens is 439 g/mol. The van der Waals surface area contributed by atoms with E-state index in [4.69, 9.17) is 11.6 Å². The normalized spacial score (nSPS) is 13.1. The zero-order valence-electron chi connectivity index (χ0n) is 16.8. The highest BCUT2D eigenvalue weighted by molar-refractivity contribution is 7.99. The van der Waals surface area contributed by atoms with Crippen molar-refractivity contribution in [3.63, 3.8) is 0 Å². The number of nitrogens with one attached hydrogen (secondary N) is 2. The average Bonchev–Trinajstić information content (AvgIpc) is 3.37. The maximum Gasteiger partial charge on any atom is 0.272 e. The molecule has 10 heteroatoms. The molecule has 2 N–H and O–H groups in total. The molecule has 1 aromatic carbocycles. The summed E-state index contributed by atoms with van der Waals surface area (Å²) in [5.74, 6) is 0.609. The van der Waals surface area contributed by atoms with Gasteiger partial charge in [0.1, 0.15) is 11.6 Å². The molecule has 2 heterocycles. The molecule has 0 saturated heterocycles. The average molecular weight is 461 g/mol. The van der Waals surface area contributed by atoms with Gasteiger partial charge < -0.3 is 5.32 Å². The summed E-state index contributed by atoms with van der Waals surface area (Å²) in [6.45, 7) is 4.06. The number of hydrogen-bond acceptors (Lipinski definition) is 5. The van der Waals surface area contributed by atoms with Crippen molar-refractivity contribution in [2.75, 3.05) is 12.3 Å². The van der Waals surface area contributed by atoms with Gasteiger partial charge in [0.2, 0.25) is 0 Å². The first-order chi connectivity index (χ1) is 15.0. The topological polar surface area (TPSA) is 88.5 Å². The van der Waals surface area contributed by atoms with Crippen LogP contribution in [0.4, 0.5) is 4.39 Å². The maximum absolute atomic E-state index is 13.4. The summed E-state index contributed by atoms with van der Waals surface area (Å²) in [6, 6.07) is 6.10. The summed E-state index contributed by atoms with van der Waals surface area (Å²) in [4.78, 5) is 12.6. The number of aromatic nitrogens is 5. The van der Waals surface area contributed by atoms with E-state index in [2.05, 4.69) is 32.3 Å². The van der Waals surface area contributed by atoms with E-state index < -0.39 is 0 Å². The Bertz CT molecular complexity index is 1090. The Balaban J connectivity index is 1.47. The molecule has 0 fully saturated rings. The van der Waals surface area contributed by atoms with E-state index in [1.165, 1.54) is 23.9 Å². The SMILES string of the molecule is C=C(Cl)CSc1nnc(CCNC(=O)c2n[nH]c3c2CCCC3)n1-c1ccc(F)cc1. The van der Waals surface area contributed by atoms with Gasteiger partial charge in [-0.3, -0.25) is 14.5 Å². The van der Waals surface area contributed by atoms with E-state index in [1.807, 2.05) is 4.57 Å². The Morgan fingerprint density at radius 1 is 1.26 bits per heavy atom. The third-order valence-electron chi connectivity index (χ3n) is 5.05. The van der Waals surface area contributed by atoms with Crippen molar-refractivity contribution in [1.29, 1.82) is 0 Å². The number of halogens is 2. The maximum atomic E-state index is 13.4. The molecule has 2 aromatic heterocycles. The minimum absolute atomic E-state index is 0.194. The van der Waals surface area contributed by atoms with Crippen molar-refractivity contribution in [1.82, 2.24) is 30.3 Å². The molecule has 0 bridgehead atoms. The zero-order valence-corrected chi connectivity index (χ0v) is 18.4. The molecule has 7 nitrogen and oxygen atoms in total. The van der Waals surface area contributed by atoms with Gasteiger partial charge in [0.15, 0.2) is 10.9 Å². The third-order valence-corrected chi connectivity index (χ3v) is 6.36. The molecule has 4 rings (SSSR count). The number of aromatic amines is 1. The minimum Gasteiger partial charge on any atom is -0.350 e. The Morgan fingerprint density at radius 2 is 2.03 bits per heavy atom. The van der Waals surface area contributed by atoms with Crippen LogP contribution < -0.4 is 5.32 Å². The van der Waals surface area contributed by atoms with E-state index in [1.54, 1.807) is 12.1 Å². The number of carbonyl (C=O) groups is 1. The summed E-state index contributed by atoms with van der Waals surface area (Å²) in [5.41, 5.74) is 3.30. The van der Waals surface area contributed by atoms with Gasteiger partial charge in [-0.1, -0.05) is 29.9 Å². The van der Waals surface area contributed by atoms with Crippen molar-refractivity contribution in [3.8, 4) is 5.69 Å². The van der Waals surface area contributed by atoms with E-state index >= 15 is 0 Å². The Labute approximate surface area is 188 Å². The van der Waals surface area contributed by atoms with Crippen LogP contribution >= 0.6 is 23.4 Å². The van der Waals surface area contributed by atoms with Crippen LogP contribution in [0.25, 0.3) is 5.69 Å². The molecule has 31 heavy (non-hydrogen) atoms. The minimum atomic E-state index is -0.323. The van der Waals surface area contributed by atoms with E-state index in [9.17, 15) is 9.18 Å². The number of thioether (sulfide) groups is 1. The molecule has 0 spiro atoms. The number of carbonyl (C=O) groups excluding carboxylic acids is 1. The summed E-state index contributed by atoms with van der Waals surface area (Å²) in [7, 11) is 0. The summed E-state index contributed by atoms with van der Waals surface area (Å²) in [6.07, 6.45) is 4.45. The lowest BCUT2D eigenvalue weighted by molar-refractivity contribution is 0.0948. The van der Waals surface area contributed by atoms with Gasteiger partial charge in [0.05, 0.1) is 0 Å². The van der Waals surface area contributed by atoms with Crippen LogP contribution in [0, 0.1) is 5.82 Å². The number of nitrogens with zero attached hydrogens (tertiary/aromatic N) is 4. The second kappa shape index (κ2) is 9.65. The van der Waals surface area contributed by atoms with Crippen molar-refractivity contribution < 1.29 is 9.18 Å². The Kier molecular flexibility index (Phi) is 6.72. The predicted octanol–water partition coefficient (Wildman–Crippen LogP) is 3.83. The molecule has 3 aromatic rings. The first kappa shape index (κ1) is 21.6. The quantitative estimate of drug-likeness (QED) is 0.499. The van der Waals surface area contributed by atoms with Crippen LogP contribution in [0.15, 0.2) is 41.0 Å². The van der Waals surface area contributed by atoms with Crippen molar-refractivity contribution in [3.05, 3.63) is 64.5 Å². The van der Waals surface area contributed by atoms with E-state index in [0.717, 1.165) is 42.6 Å². The number of benzene rings is 1. The van der Waals surface area contributed by atoms with Crippen LogP contribution in [0.1, 0.15) is 40.4 Å². The van der Waals surface area contributed by atoms with Gasteiger partial charge in [-0.2, -0.15) is 5.10 Å². The summed E-state index contributed by atoms with van der Waals surface area (Å²) in [5, 5.41) is 19.8. The first-order valence-electron chi connectivity index (χ1n) is 10.0. The number of aryl methyl sites for hydroxylation is 1. The Morgan fingerprint density at radius 3 is 2.81 bits per heavy atom. The number of H-pyrrole nitrogens is 1. The van der Waals surface area contributed by atoms with Gasteiger partial charge in [0, 0.05) is 40.7 Å². The number of hydrogen-bond donors (Lipinski definition) is 2. The second-order valence-corrected chi connectivity index (χ2v) is 8.74. The molecular formula is C21H22ClFN6OS. The van der Waals surface area contributed by atoms with Crippen LogP contribution in [-0.2, 0) is 19.3 Å². The fraction of sp³-hybridized carbons (Fsp3) is 0.333. The lowest BCUT2D eigenvalue weighted by atomic mass is 9.96. The molecule has 0 unspecified atom stereocenters. The van der Waals surface area contributed by atoms with Crippen LogP contribution in [-0.4, -0.2) is 43.2 Å². The highest BCUT2D eigenvalue weighted by Gasteiger charge is 2.22. The molecule has 1 amide bonds. The van der Waals surface area contributed by atoms with Crippen LogP contribution in [0.3, 0.4) is 0 Å². The molecule has 0 aliphatic heterocycles. The van der Waals surface area contributed by atoms with E-state index in [-0.39, 0.29) is 11.7 Å². The van der Waals surface area contributed by atoms with Crippen molar-refractivity contribution >= 4 is 29.3 Å². The molecule has 162 valence electrons. The second-order valence-electron chi connectivity index (χ2n) is 7.26. The predicted molar refractivity (Wildman–Crippen MR) is 118 cm³/mol. The molecule has 0 saturated carbocycles. The van der Waals surface area contributed by atoms with Gasteiger partial charge in [-0.05, 0) is 49.9 Å². The lowest BCUT2D eigenvalue weighted by Crippen LogP contribution is -2.28. The summed E-state index contributed by atoms with van der Waals surface area (Å²) >= 11 is 7.28. The fourth-order valence-corrected chi connectivity index (χ4v) is 4.48. The monoisotopic (exact) mass is 460 g/mol. The number of fused-ring (bicyclic) bond motifs is 1. The van der Waals surface area contributed by atoms with Gasteiger partial charge in [-0.15, -0.1) is 10.2 Å². The summed E-state index contributed by atoms with van der Waals surface area (Å²) < 4.78 is 15.2. The number of rotatable bonds is 8. The fourth-order valence-electron chi connectivity index (χ4n) is 3.59. The van der Waals surface area contributed by atoms with E-state index in [0.29, 0.717) is 40.4 Å². The highest BCUT2D eigenvalue weighted by Crippen LogP contribution is 2.25.